The van der Waals surface area contributed by atoms with E-state index in [2.05, 4.69) is 5.32 Å². The number of halogens is 3. The topological polar surface area (TPSA) is 63.2 Å². The molecule has 21 heavy (non-hydrogen) atoms. The number of carbonyl (C=O) groups excluding carboxylic acids is 1. The van der Waals surface area contributed by atoms with Gasteiger partial charge in [-0.1, -0.05) is 12.8 Å². The second-order valence-electron chi connectivity index (χ2n) is 5.42. The maximum absolute atomic E-state index is 13.7. The van der Waals surface area contributed by atoms with Gasteiger partial charge in [0.1, 0.15) is 16.5 Å². The van der Waals surface area contributed by atoms with Crippen molar-refractivity contribution in [2.75, 3.05) is 0 Å². The first kappa shape index (κ1) is 16.2. The van der Waals surface area contributed by atoms with E-state index in [0.717, 1.165) is 25.7 Å². The molecule has 1 aromatic carbocycles. The minimum atomic E-state index is -4.40. The van der Waals surface area contributed by atoms with Crippen molar-refractivity contribution in [1.29, 1.82) is 0 Å². The Kier molecular flexibility index (Phi) is 4.26. The summed E-state index contributed by atoms with van der Waals surface area (Å²) in [4.78, 5) is 11.2. The van der Waals surface area contributed by atoms with Gasteiger partial charge in [-0.05, 0) is 25.8 Å². The number of hydrogen-bond acceptors (Lipinski definition) is 3. The number of nitrogens with one attached hydrogen (secondary N) is 1. The first-order valence-corrected chi connectivity index (χ1v) is 8.69. The van der Waals surface area contributed by atoms with Crippen LogP contribution in [-0.4, -0.2) is 19.9 Å². The summed E-state index contributed by atoms with van der Waals surface area (Å²) in [7, 11) is 0.670. The average molecular weight is 338 g/mol. The van der Waals surface area contributed by atoms with Gasteiger partial charge in [0.05, 0.1) is 5.56 Å². The van der Waals surface area contributed by atoms with Crippen molar-refractivity contribution < 1.29 is 22.0 Å². The SMILES string of the molecule is CC1(NC(=O)c2cc(S(=O)(=O)Cl)c(F)cc2F)CCCC1. The van der Waals surface area contributed by atoms with Crippen molar-refractivity contribution in [2.45, 2.75) is 43.0 Å². The van der Waals surface area contributed by atoms with Gasteiger partial charge in [0.2, 0.25) is 0 Å². The van der Waals surface area contributed by atoms with Crippen LogP contribution in [0.5, 0.6) is 0 Å². The highest BCUT2D eigenvalue weighted by molar-refractivity contribution is 8.13. The quantitative estimate of drug-likeness (QED) is 0.862. The van der Waals surface area contributed by atoms with Crippen molar-refractivity contribution in [1.82, 2.24) is 5.32 Å². The van der Waals surface area contributed by atoms with Crippen molar-refractivity contribution in [3.05, 3.63) is 29.3 Å². The summed E-state index contributed by atoms with van der Waals surface area (Å²) in [5.74, 6) is -3.24. The Morgan fingerprint density at radius 1 is 1.24 bits per heavy atom. The van der Waals surface area contributed by atoms with Gasteiger partial charge >= 0.3 is 0 Å². The lowest BCUT2D eigenvalue weighted by Crippen LogP contribution is -2.43. The van der Waals surface area contributed by atoms with Crippen LogP contribution in [0.4, 0.5) is 8.78 Å². The van der Waals surface area contributed by atoms with Crippen molar-refractivity contribution in [3.8, 4) is 0 Å². The van der Waals surface area contributed by atoms with Crippen LogP contribution in [0.1, 0.15) is 43.0 Å². The minimum Gasteiger partial charge on any atom is -0.347 e. The summed E-state index contributed by atoms with van der Waals surface area (Å²) in [5.41, 5.74) is -0.999. The molecule has 2 rings (SSSR count). The normalized spacial score (nSPS) is 17.7. The Hall–Kier alpha value is -1.21. The molecule has 0 saturated heterocycles. The molecule has 0 spiro atoms. The van der Waals surface area contributed by atoms with Gasteiger partial charge in [-0.3, -0.25) is 4.79 Å². The molecule has 4 nitrogen and oxygen atoms in total. The number of amides is 1. The standard InChI is InChI=1S/C13H14ClF2NO3S/c1-13(4-2-3-5-13)17-12(18)8-6-11(21(14,19)20)10(16)7-9(8)15/h6-7H,2-5H2,1H3,(H,17,18). The molecule has 0 atom stereocenters. The number of rotatable bonds is 3. The van der Waals surface area contributed by atoms with Crippen molar-refractivity contribution in [3.63, 3.8) is 0 Å². The largest absolute Gasteiger partial charge is 0.347 e. The first-order chi connectivity index (χ1) is 9.62. The summed E-state index contributed by atoms with van der Waals surface area (Å²) >= 11 is 0. The van der Waals surface area contributed by atoms with E-state index < -0.39 is 42.6 Å². The van der Waals surface area contributed by atoms with Gasteiger partial charge in [-0.15, -0.1) is 0 Å². The Morgan fingerprint density at radius 3 is 2.33 bits per heavy atom. The molecule has 1 aliphatic carbocycles. The van der Waals surface area contributed by atoms with Crippen LogP contribution in [-0.2, 0) is 9.05 Å². The van der Waals surface area contributed by atoms with Crippen molar-refractivity contribution in [2.24, 2.45) is 0 Å². The number of carbonyl (C=O) groups is 1. The summed E-state index contributed by atoms with van der Waals surface area (Å²) in [6.45, 7) is 1.83. The zero-order valence-electron chi connectivity index (χ0n) is 11.3. The Morgan fingerprint density at radius 2 is 1.81 bits per heavy atom. The van der Waals surface area contributed by atoms with Gasteiger partial charge in [-0.25, -0.2) is 17.2 Å². The second kappa shape index (κ2) is 5.53. The molecule has 8 heteroatoms. The van der Waals surface area contributed by atoms with Crippen molar-refractivity contribution >= 4 is 25.6 Å². The van der Waals surface area contributed by atoms with E-state index in [4.69, 9.17) is 10.7 Å². The lowest BCUT2D eigenvalue weighted by Gasteiger charge is -2.25. The molecule has 1 N–H and O–H groups in total. The highest BCUT2D eigenvalue weighted by Crippen LogP contribution is 2.30. The van der Waals surface area contributed by atoms with Crippen LogP contribution in [0.25, 0.3) is 0 Å². The van der Waals surface area contributed by atoms with Crippen LogP contribution < -0.4 is 5.32 Å². The summed E-state index contributed by atoms with van der Waals surface area (Å²) in [6, 6.07) is 0.974. The fourth-order valence-electron chi connectivity index (χ4n) is 2.51. The monoisotopic (exact) mass is 337 g/mol. The second-order valence-corrected chi connectivity index (χ2v) is 7.96. The molecule has 1 saturated carbocycles. The van der Waals surface area contributed by atoms with E-state index in [1.165, 1.54) is 0 Å². The summed E-state index contributed by atoms with van der Waals surface area (Å²) in [6.07, 6.45) is 3.40. The zero-order chi connectivity index (χ0) is 15.8. The zero-order valence-corrected chi connectivity index (χ0v) is 12.8. The average Bonchev–Trinajstić information content (AvgIpc) is 2.73. The van der Waals surface area contributed by atoms with Crippen LogP contribution in [0.3, 0.4) is 0 Å². The molecular formula is C13H14ClF2NO3S. The maximum atomic E-state index is 13.7. The maximum Gasteiger partial charge on any atom is 0.264 e. The lowest BCUT2D eigenvalue weighted by atomic mass is 10.00. The molecule has 0 radical (unpaired) electrons. The minimum absolute atomic E-state index is 0.348. The molecule has 0 heterocycles. The highest BCUT2D eigenvalue weighted by Gasteiger charge is 2.32. The van der Waals surface area contributed by atoms with Gasteiger partial charge < -0.3 is 5.32 Å². The van der Waals surface area contributed by atoms with Crippen LogP contribution in [0.2, 0.25) is 0 Å². The molecule has 0 aromatic heterocycles. The van der Waals surface area contributed by atoms with Crippen LogP contribution in [0.15, 0.2) is 17.0 Å². The highest BCUT2D eigenvalue weighted by atomic mass is 35.7. The number of hydrogen-bond donors (Lipinski definition) is 1. The van der Waals surface area contributed by atoms with E-state index in [0.29, 0.717) is 12.1 Å². The molecule has 1 fully saturated rings. The van der Waals surface area contributed by atoms with E-state index in [1.54, 1.807) is 0 Å². The fraction of sp³-hybridized carbons (Fsp3) is 0.462. The Labute approximate surface area is 125 Å². The third-order valence-electron chi connectivity index (χ3n) is 3.65. The third-order valence-corrected chi connectivity index (χ3v) is 4.99. The lowest BCUT2D eigenvalue weighted by molar-refractivity contribution is 0.0903. The molecule has 0 bridgehead atoms. The van der Waals surface area contributed by atoms with Crippen LogP contribution in [0, 0.1) is 11.6 Å². The van der Waals surface area contributed by atoms with E-state index in [9.17, 15) is 22.0 Å². The molecule has 1 amide bonds. The van der Waals surface area contributed by atoms with Gasteiger partial charge in [0.15, 0.2) is 0 Å². The van der Waals surface area contributed by atoms with Gasteiger partial charge in [0.25, 0.3) is 15.0 Å². The smallest absolute Gasteiger partial charge is 0.264 e. The van der Waals surface area contributed by atoms with E-state index in [1.807, 2.05) is 6.92 Å². The Bertz CT molecular complexity index is 685. The summed E-state index contributed by atoms with van der Waals surface area (Å²) < 4.78 is 49.6. The predicted molar refractivity (Wildman–Crippen MR) is 73.7 cm³/mol. The van der Waals surface area contributed by atoms with Gasteiger partial charge in [-0.2, -0.15) is 0 Å². The number of benzene rings is 1. The first-order valence-electron chi connectivity index (χ1n) is 6.39. The van der Waals surface area contributed by atoms with E-state index in [-0.39, 0.29) is 0 Å². The molecule has 1 aromatic rings. The fourth-order valence-corrected chi connectivity index (χ4v) is 3.42. The molecule has 1 aliphatic rings. The van der Waals surface area contributed by atoms with E-state index >= 15 is 0 Å². The van der Waals surface area contributed by atoms with Gasteiger partial charge in [0, 0.05) is 22.3 Å². The molecule has 0 aliphatic heterocycles. The summed E-state index contributed by atoms with van der Waals surface area (Å²) in [5, 5.41) is 2.67. The predicted octanol–water partition coefficient (Wildman–Crippen LogP) is 2.95. The third kappa shape index (κ3) is 3.52. The van der Waals surface area contributed by atoms with Crippen LogP contribution >= 0.6 is 10.7 Å². The molecule has 116 valence electrons. The molecule has 0 unspecified atom stereocenters. The molecular weight excluding hydrogens is 324 g/mol. The Balaban J connectivity index is 2.37.